The lowest BCUT2D eigenvalue weighted by molar-refractivity contribution is 0.336. The second-order valence-electron chi connectivity index (χ2n) is 4.95. The molecule has 3 saturated carbocycles. The Labute approximate surface area is 67.7 Å². The minimum Gasteiger partial charge on any atom is -0.0845 e. The average Bonchev–Trinajstić information content (AvgIpc) is 2.48. The van der Waals surface area contributed by atoms with E-state index < -0.39 is 0 Å². The molecule has 0 aromatic rings. The first kappa shape index (κ1) is 5.40. The molecule has 3 fully saturated rings. The smallest absolute Gasteiger partial charge is 0.0162 e. The molecular weight excluding hydrogens is 132 g/mol. The zero-order chi connectivity index (χ0) is 7.00. The Morgan fingerprint density at radius 3 is 2.64 bits per heavy atom. The van der Waals surface area contributed by atoms with Gasteiger partial charge in [0, 0.05) is 0 Å². The molecule has 0 aromatic heterocycles. The Hall–Kier alpha value is -0.260. The SMILES string of the molecule is C1=C[C@H]2C3[C@H]2[C@H]2CCC[C@H]2[C@H]13. The normalized spacial score (nSPS) is 68.4. The Morgan fingerprint density at radius 1 is 0.818 bits per heavy atom. The highest BCUT2D eigenvalue weighted by Gasteiger charge is 2.67. The number of hydrogen-bond acceptors (Lipinski definition) is 0. The van der Waals surface area contributed by atoms with Crippen molar-refractivity contribution in [3.05, 3.63) is 12.2 Å². The van der Waals surface area contributed by atoms with Crippen molar-refractivity contribution < 1.29 is 0 Å². The van der Waals surface area contributed by atoms with Crippen LogP contribution in [-0.2, 0) is 0 Å². The second-order valence-corrected chi connectivity index (χ2v) is 4.95. The highest BCUT2D eigenvalue weighted by atomic mass is 14.7. The van der Waals surface area contributed by atoms with Gasteiger partial charge in [0.25, 0.3) is 0 Å². The van der Waals surface area contributed by atoms with Gasteiger partial charge in [-0.2, -0.15) is 0 Å². The van der Waals surface area contributed by atoms with E-state index in [4.69, 9.17) is 0 Å². The molecule has 0 heterocycles. The number of fused-ring (bicyclic) bond motifs is 4. The Morgan fingerprint density at radius 2 is 1.64 bits per heavy atom. The molecule has 4 aliphatic carbocycles. The Balaban J connectivity index is 1.83. The van der Waals surface area contributed by atoms with Gasteiger partial charge in [0.1, 0.15) is 0 Å². The highest BCUT2D eigenvalue weighted by molar-refractivity contribution is 5.28. The van der Waals surface area contributed by atoms with E-state index in [2.05, 4.69) is 12.2 Å². The minimum absolute atomic E-state index is 1.05. The van der Waals surface area contributed by atoms with E-state index in [0.29, 0.717) is 0 Å². The fraction of sp³-hybridized carbons (Fsp3) is 0.818. The van der Waals surface area contributed by atoms with Crippen molar-refractivity contribution in [2.45, 2.75) is 19.3 Å². The molecule has 58 valence electrons. The van der Waals surface area contributed by atoms with Gasteiger partial charge in [0.15, 0.2) is 0 Å². The van der Waals surface area contributed by atoms with Crippen molar-refractivity contribution in [1.82, 2.24) is 0 Å². The first-order chi connectivity index (χ1) is 5.47. The topological polar surface area (TPSA) is 0 Å². The molecular formula is C11H14. The lowest BCUT2D eigenvalue weighted by Gasteiger charge is -2.16. The highest BCUT2D eigenvalue weighted by Crippen LogP contribution is 2.72. The van der Waals surface area contributed by atoms with E-state index in [0.717, 1.165) is 23.7 Å². The molecule has 0 spiro atoms. The van der Waals surface area contributed by atoms with Gasteiger partial charge in [-0.05, 0) is 48.3 Å². The summed E-state index contributed by atoms with van der Waals surface area (Å²) in [6, 6.07) is 0. The molecule has 1 unspecified atom stereocenters. The first-order valence-corrected chi connectivity index (χ1v) is 5.15. The van der Waals surface area contributed by atoms with Crippen LogP contribution >= 0.6 is 0 Å². The van der Waals surface area contributed by atoms with Crippen LogP contribution in [0.15, 0.2) is 12.2 Å². The van der Waals surface area contributed by atoms with Gasteiger partial charge in [0.05, 0.1) is 0 Å². The van der Waals surface area contributed by atoms with E-state index in [1.165, 1.54) is 18.3 Å². The Kier molecular flexibility index (Phi) is 0.706. The van der Waals surface area contributed by atoms with E-state index in [1.54, 1.807) is 12.8 Å². The van der Waals surface area contributed by atoms with Gasteiger partial charge in [-0.15, -0.1) is 0 Å². The Bertz CT molecular complexity index is 240. The molecule has 6 atom stereocenters. The standard InChI is InChI=1S/C11H14/c1-2-6-7(3-1)10-9-5-4-8(6)11(9)10/h4-11H,1-3H2/t6-,7+,8+,9-,10+,11?/m1/s1. The van der Waals surface area contributed by atoms with Crippen LogP contribution in [0.5, 0.6) is 0 Å². The van der Waals surface area contributed by atoms with E-state index in [1.807, 2.05) is 0 Å². The third-order valence-corrected chi connectivity index (χ3v) is 4.81. The maximum absolute atomic E-state index is 2.54. The van der Waals surface area contributed by atoms with Crippen molar-refractivity contribution in [2.24, 2.45) is 35.5 Å². The number of hydrogen-bond donors (Lipinski definition) is 0. The predicted molar refractivity (Wildman–Crippen MR) is 43.9 cm³/mol. The molecule has 0 radical (unpaired) electrons. The summed E-state index contributed by atoms with van der Waals surface area (Å²) in [5.74, 6) is 6.77. The average molecular weight is 146 g/mol. The van der Waals surface area contributed by atoms with Gasteiger partial charge in [-0.3, -0.25) is 0 Å². The molecule has 0 aromatic carbocycles. The van der Waals surface area contributed by atoms with Crippen molar-refractivity contribution in [2.75, 3.05) is 0 Å². The van der Waals surface area contributed by atoms with Gasteiger partial charge in [-0.1, -0.05) is 18.6 Å². The van der Waals surface area contributed by atoms with Crippen molar-refractivity contribution in [1.29, 1.82) is 0 Å². The lowest BCUT2D eigenvalue weighted by Crippen LogP contribution is -2.11. The quantitative estimate of drug-likeness (QED) is 0.460. The summed E-state index contributed by atoms with van der Waals surface area (Å²) in [5, 5.41) is 0. The van der Waals surface area contributed by atoms with Crippen LogP contribution in [0.2, 0.25) is 0 Å². The number of rotatable bonds is 0. The largest absolute Gasteiger partial charge is 0.0845 e. The fourth-order valence-corrected chi connectivity index (χ4v) is 4.51. The first-order valence-electron chi connectivity index (χ1n) is 5.15. The summed E-state index contributed by atoms with van der Waals surface area (Å²) in [6.45, 7) is 0. The summed E-state index contributed by atoms with van der Waals surface area (Å²) in [5.41, 5.74) is 0. The third-order valence-electron chi connectivity index (χ3n) is 4.81. The molecule has 0 aliphatic heterocycles. The van der Waals surface area contributed by atoms with Gasteiger partial charge in [-0.25, -0.2) is 0 Å². The summed E-state index contributed by atoms with van der Waals surface area (Å²) in [7, 11) is 0. The number of allylic oxidation sites excluding steroid dienone is 2. The van der Waals surface area contributed by atoms with Crippen LogP contribution in [0, 0.1) is 35.5 Å². The molecule has 0 bridgehead atoms. The zero-order valence-electron chi connectivity index (χ0n) is 6.74. The van der Waals surface area contributed by atoms with Crippen LogP contribution in [-0.4, -0.2) is 0 Å². The van der Waals surface area contributed by atoms with E-state index >= 15 is 0 Å². The summed E-state index contributed by atoms with van der Waals surface area (Å²) < 4.78 is 0. The molecule has 11 heavy (non-hydrogen) atoms. The third kappa shape index (κ3) is 0.432. The monoisotopic (exact) mass is 146 g/mol. The van der Waals surface area contributed by atoms with Crippen LogP contribution in [0.25, 0.3) is 0 Å². The van der Waals surface area contributed by atoms with Crippen LogP contribution < -0.4 is 0 Å². The predicted octanol–water partition coefficient (Wildman–Crippen LogP) is 2.46. The lowest BCUT2D eigenvalue weighted by atomic mass is 9.88. The molecule has 4 rings (SSSR count). The fourth-order valence-electron chi connectivity index (χ4n) is 4.51. The van der Waals surface area contributed by atoms with Gasteiger partial charge < -0.3 is 0 Å². The van der Waals surface area contributed by atoms with Crippen molar-refractivity contribution in [3.8, 4) is 0 Å². The molecule has 0 saturated heterocycles. The van der Waals surface area contributed by atoms with Crippen LogP contribution in [0.1, 0.15) is 19.3 Å². The minimum atomic E-state index is 1.05. The molecule has 4 aliphatic rings. The maximum atomic E-state index is 2.54. The van der Waals surface area contributed by atoms with E-state index in [9.17, 15) is 0 Å². The summed E-state index contributed by atoms with van der Waals surface area (Å²) >= 11 is 0. The van der Waals surface area contributed by atoms with Gasteiger partial charge in [0.2, 0.25) is 0 Å². The summed E-state index contributed by atoms with van der Waals surface area (Å²) in [4.78, 5) is 0. The molecule has 0 nitrogen and oxygen atoms in total. The van der Waals surface area contributed by atoms with Gasteiger partial charge >= 0.3 is 0 Å². The summed E-state index contributed by atoms with van der Waals surface area (Å²) in [6.07, 6.45) is 9.73. The second kappa shape index (κ2) is 1.44. The molecule has 0 heteroatoms. The van der Waals surface area contributed by atoms with Crippen molar-refractivity contribution in [3.63, 3.8) is 0 Å². The molecule has 0 amide bonds. The molecule has 0 N–H and O–H groups in total. The van der Waals surface area contributed by atoms with Crippen molar-refractivity contribution >= 4 is 0 Å². The van der Waals surface area contributed by atoms with E-state index in [-0.39, 0.29) is 0 Å². The zero-order valence-corrected chi connectivity index (χ0v) is 6.74. The van der Waals surface area contributed by atoms with Crippen LogP contribution in [0.3, 0.4) is 0 Å². The maximum Gasteiger partial charge on any atom is -0.0162 e. The van der Waals surface area contributed by atoms with Crippen LogP contribution in [0.4, 0.5) is 0 Å².